The molecule has 24 heavy (non-hydrogen) atoms. The Morgan fingerprint density at radius 3 is 2.96 bits per heavy atom. The first-order chi connectivity index (χ1) is 11.7. The number of aryl methyl sites for hydroxylation is 1. The summed E-state index contributed by atoms with van der Waals surface area (Å²) >= 11 is 0. The van der Waals surface area contributed by atoms with E-state index in [1.54, 1.807) is 12.3 Å². The fraction of sp³-hybridized carbons (Fsp3) is 0.263. The second kappa shape index (κ2) is 6.09. The van der Waals surface area contributed by atoms with Gasteiger partial charge in [0.05, 0.1) is 11.3 Å². The van der Waals surface area contributed by atoms with Gasteiger partial charge in [0, 0.05) is 17.6 Å². The van der Waals surface area contributed by atoms with E-state index in [-0.39, 0.29) is 5.63 Å². The van der Waals surface area contributed by atoms with Crippen LogP contribution in [-0.4, -0.2) is 11.7 Å². The Morgan fingerprint density at radius 2 is 2.17 bits per heavy atom. The molecule has 0 spiro atoms. The molecule has 2 aromatic heterocycles. The van der Waals surface area contributed by atoms with Crippen LogP contribution in [0.25, 0.3) is 11.0 Å². The number of hydrogen-bond acceptors (Lipinski definition) is 4. The standard InChI is InChI=1S/C19H18N2O3/c1-2-13-9-18(22)24-19-15(13)6-7-17-16(19)11-21(12-23-17)10-14-5-3-4-8-20-14/h3-9H,2,10-12H2,1H3/p+1. The topological polar surface area (TPSA) is 56.8 Å². The first-order valence-corrected chi connectivity index (χ1v) is 8.19. The Bertz CT molecular complexity index is 934. The summed E-state index contributed by atoms with van der Waals surface area (Å²) in [4.78, 5) is 17.5. The van der Waals surface area contributed by atoms with Crippen LogP contribution < -0.4 is 15.3 Å². The van der Waals surface area contributed by atoms with E-state index in [1.165, 1.54) is 4.90 Å². The maximum Gasteiger partial charge on any atom is 0.336 e. The lowest BCUT2D eigenvalue weighted by Gasteiger charge is -2.26. The second-order valence-corrected chi connectivity index (χ2v) is 6.08. The third-order valence-electron chi connectivity index (χ3n) is 4.45. The highest BCUT2D eigenvalue weighted by Gasteiger charge is 2.25. The molecule has 1 aliphatic heterocycles. The smallest absolute Gasteiger partial charge is 0.336 e. The van der Waals surface area contributed by atoms with Crippen molar-refractivity contribution in [2.24, 2.45) is 0 Å². The summed E-state index contributed by atoms with van der Waals surface area (Å²) in [5.41, 5.74) is 3.37. The molecule has 0 bridgehead atoms. The molecule has 3 aromatic rings. The van der Waals surface area contributed by atoms with Crippen molar-refractivity contribution in [1.29, 1.82) is 0 Å². The zero-order valence-electron chi connectivity index (χ0n) is 13.5. The van der Waals surface area contributed by atoms with E-state index in [1.807, 2.05) is 37.3 Å². The second-order valence-electron chi connectivity index (χ2n) is 6.08. The van der Waals surface area contributed by atoms with E-state index >= 15 is 0 Å². The Morgan fingerprint density at radius 1 is 1.25 bits per heavy atom. The van der Waals surface area contributed by atoms with Crippen molar-refractivity contribution in [2.45, 2.75) is 26.4 Å². The molecule has 0 amide bonds. The van der Waals surface area contributed by atoms with Gasteiger partial charge in [-0.1, -0.05) is 13.0 Å². The van der Waals surface area contributed by atoms with Crippen molar-refractivity contribution < 1.29 is 14.1 Å². The molecule has 4 rings (SSSR count). The summed E-state index contributed by atoms with van der Waals surface area (Å²) in [7, 11) is 0. The molecule has 1 aromatic carbocycles. The van der Waals surface area contributed by atoms with Crippen LogP contribution in [0.3, 0.4) is 0 Å². The normalized spacial score (nSPS) is 16.6. The molecule has 122 valence electrons. The fourth-order valence-electron chi connectivity index (χ4n) is 3.28. The average Bonchev–Trinajstić information content (AvgIpc) is 2.62. The quantitative estimate of drug-likeness (QED) is 0.745. The van der Waals surface area contributed by atoms with Crippen molar-refractivity contribution in [2.75, 3.05) is 6.73 Å². The van der Waals surface area contributed by atoms with Crippen LogP contribution in [0.4, 0.5) is 0 Å². The number of ether oxygens (including phenoxy) is 1. The molecule has 0 saturated carbocycles. The van der Waals surface area contributed by atoms with Gasteiger partial charge in [0.1, 0.15) is 18.8 Å². The molecular formula is C19H19N2O3+. The van der Waals surface area contributed by atoms with Gasteiger partial charge in [-0.3, -0.25) is 9.88 Å². The molecule has 1 aliphatic rings. The molecule has 5 heteroatoms. The summed E-state index contributed by atoms with van der Waals surface area (Å²) in [6, 6.07) is 11.5. The lowest BCUT2D eigenvalue weighted by molar-refractivity contribution is -0.946. The molecule has 3 heterocycles. The van der Waals surface area contributed by atoms with Crippen molar-refractivity contribution in [3.05, 3.63) is 69.8 Å². The Kier molecular flexibility index (Phi) is 3.78. The molecule has 0 radical (unpaired) electrons. The van der Waals surface area contributed by atoms with Crippen LogP contribution in [0.5, 0.6) is 5.75 Å². The van der Waals surface area contributed by atoms with E-state index < -0.39 is 0 Å². The highest BCUT2D eigenvalue weighted by atomic mass is 16.5. The Labute approximate surface area is 139 Å². The van der Waals surface area contributed by atoms with Gasteiger partial charge in [-0.15, -0.1) is 0 Å². The van der Waals surface area contributed by atoms with Gasteiger partial charge in [-0.25, -0.2) is 4.79 Å². The monoisotopic (exact) mass is 323 g/mol. The van der Waals surface area contributed by atoms with Gasteiger partial charge in [0.25, 0.3) is 0 Å². The summed E-state index contributed by atoms with van der Waals surface area (Å²) in [5, 5.41) is 0.999. The summed E-state index contributed by atoms with van der Waals surface area (Å²) in [6.07, 6.45) is 2.60. The Hall–Kier alpha value is -2.66. The fourth-order valence-corrected chi connectivity index (χ4v) is 3.28. The van der Waals surface area contributed by atoms with Gasteiger partial charge >= 0.3 is 5.63 Å². The predicted octanol–water partition coefficient (Wildman–Crippen LogP) is 1.69. The molecule has 1 N–H and O–H groups in total. The molecule has 0 saturated heterocycles. The van der Waals surface area contributed by atoms with Gasteiger partial charge in [-0.2, -0.15) is 0 Å². The lowest BCUT2D eigenvalue weighted by atomic mass is 10.0. The third kappa shape index (κ3) is 2.67. The average molecular weight is 323 g/mol. The van der Waals surface area contributed by atoms with Crippen molar-refractivity contribution in [1.82, 2.24) is 4.98 Å². The number of rotatable bonds is 3. The largest absolute Gasteiger partial charge is 0.445 e. The highest BCUT2D eigenvalue weighted by Crippen LogP contribution is 2.30. The number of quaternary nitrogens is 1. The summed E-state index contributed by atoms with van der Waals surface area (Å²) < 4.78 is 11.4. The van der Waals surface area contributed by atoms with Gasteiger partial charge < -0.3 is 9.15 Å². The molecule has 0 fully saturated rings. The SMILES string of the molecule is CCc1cc(=O)oc2c3c(ccc12)OC[NH+](Cc1ccccn1)C3. The van der Waals surface area contributed by atoms with Crippen LogP contribution in [0.1, 0.15) is 23.7 Å². The van der Waals surface area contributed by atoms with E-state index in [4.69, 9.17) is 9.15 Å². The van der Waals surface area contributed by atoms with Crippen LogP contribution in [0.15, 0.2) is 51.8 Å². The molecule has 1 unspecified atom stereocenters. The van der Waals surface area contributed by atoms with E-state index in [0.29, 0.717) is 12.3 Å². The van der Waals surface area contributed by atoms with Crippen molar-refractivity contribution in [3.8, 4) is 5.75 Å². The molecule has 1 atom stereocenters. The number of benzene rings is 1. The first-order valence-electron chi connectivity index (χ1n) is 8.19. The highest BCUT2D eigenvalue weighted by molar-refractivity contribution is 5.85. The number of aromatic nitrogens is 1. The number of nitrogens with zero attached hydrogens (tertiary/aromatic N) is 1. The van der Waals surface area contributed by atoms with Crippen LogP contribution >= 0.6 is 0 Å². The number of fused-ring (bicyclic) bond motifs is 3. The Balaban J connectivity index is 1.74. The molecular weight excluding hydrogens is 304 g/mol. The molecule has 0 aliphatic carbocycles. The zero-order valence-corrected chi connectivity index (χ0v) is 13.5. The van der Waals surface area contributed by atoms with Crippen molar-refractivity contribution >= 4 is 11.0 Å². The maximum absolute atomic E-state index is 11.9. The van der Waals surface area contributed by atoms with Crippen LogP contribution in [0, 0.1) is 0 Å². The zero-order chi connectivity index (χ0) is 16.5. The van der Waals surface area contributed by atoms with E-state index in [2.05, 4.69) is 4.98 Å². The summed E-state index contributed by atoms with van der Waals surface area (Å²) in [6.45, 7) is 4.14. The summed E-state index contributed by atoms with van der Waals surface area (Å²) in [5.74, 6) is 0.809. The first kappa shape index (κ1) is 14.9. The minimum Gasteiger partial charge on any atom is -0.445 e. The minimum atomic E-state index is -0.301. The predicted molar refractivity (Wildman–Crippen MR) is 90.0 cm³/mol. The van der Waals surface area contributed by atoms with Gasteiger partial charge in [0.2, 0.25) is 6.73 Å². The molecule has 5 nitrogen and oxygen atoms in total. The van der Waals surface area contributed by atoms with E-state index in [0.717, 1.165) is 47.5 Å². The number of nitrogens with one attached hydrogen (secondary N) is 1. The maximum atomic E-state index is 11.9. The third-order valence-corrected chi connectivity index (χ3v) is 4.45. The van der Waals surface area contributed by atoms with Crippen LogP contribution in [-0.2, 0) is 19.5 Å². The number of pyridine rings is 1. The van der Waals surface area contributed by atoms with Crippen LogP contribution in [0.2, 0.25) is 0 Å². The van der Waals surface area contributed by atoms with Gasteiger partial charge in [-0.05, 0) is 36.2 Å². The lowest BCUT2D eigenvalue weighted by Crippen LogP contribution is -3.11. The minimum absolute atomic E-state index is 0.301. The van der Waals surface area contributed by atoms with Crippen molar-refractivity contribution in [3.63, 3.8) is 0 Å². The van der Waals surface area contributed by atoms with E-state index in [9.17, 15) is 4.79 Å². The van der Waals surface area contributed by atoms with Gasteiger partial charge in [0.15, 0.2) is 5.58 Å². The number of hydrogen-bond donors (Lipinski definition) is 1.